The second-order valence-corrected chi connectivity index (χ2v) is 5.84. The van der Waals surface area contributed by atoms with Crippen molar-refractivity contribution in [2.45, 2.75) is 31.9 Å². The Hall–Kier alpha value is -0.580. The Kier molecular flexibility index (Phi) is 5.03. The van der Waals surface area contributed by atoms with Crippen molar-refractivity contribution in [3.8, 4) is 5.75 Å². The van der Waals surface area contributed by atoms with Gasteiger partial charge in [-0.15, -0.1) is 0 Å². The van der Waals surface area contributed by atoms with Gasteiger partial charge in [0.25, 0.3) is 0 Å². The molecule has 1 aliphatic rings. The van der Waals surface area contributed by atoms with E-state index in [4.69, 9.17) is 4.74 Å². The van der Waals surface area contributed by atoms with E-state index in [-0.39, 0.29) is 6.10 Å². The van der Waals surface area contributed by atoms with Crippen molar-refractivity contribution in [3.63, 3.8) is 0 Å². The lowest BCUT2D eigenvalue weighted by atomic mass is 10.1. The average Bonchev–Trinajstić information content (AvgIpc) is 2.75. The van der Waals surface area contributed by atoms with Crippen LogP contribution in [0.4, 0.5) is 0 Å². The Morgan fingerprint density at radius 2 is 2.28 bits per heavy atom. The summed E-state index contributed by atoms with van der Waals surface area (Å²) in [5.74, 6) is 1.52. The molecule has 1 saturated carbocycles. The molecule has 0 aromatic heterocycles. The molecule has 0 heterocycles. The maximum absolute atomic E-state index is 9.48. The molecule has 2 atom stereocenters. The summed E-state index contributed by atoms with van der Waals surface area (Å²) in [5, 5.41) is 12.9. The van der Waals surface area contributed by atoms with Crippen LogP contribution < -0.4 is 10.1 Å². The molecule has 0 spiro atoms. The smallest absolute Gasteiger partial charge is 0.123 e. The van der Waals surface area contributed by atoms with Crippen molar-refractivity contribution < 1.29 is 9.84 Å². The maximum atomic E-state index is 9.48. The van der Waals surface area contributed by atoms with Crippen LogP contribution >= 0.6 is 15.9 Å². The summed E-state index contributed by atoms with van der Waals surface area (Å²) in [7, 11) is 1.69. The zero-order valence-corrected chi connectivity index (χ0v) is 12.2. The molecule has 1 fully saturated rings. The monoisotopic (exact) mass is 313 g/mol. The van der Waals surface area contributed by atoms with Crippen molar-refractivity contribution >= 4 is 15.9 Å². The minimum atomic E-state index is -0.0859. The number of benzene rings is 1. The van der Waals surface area contributed by atoms with Gasteiger partial charge in [-0.1, -0.05) is 15.9 Å². The van der Waals surface area contributed by atoms with Crippen molar-refractivity contribution in [3.05, 3.63) is 28.2 Å². The summed E-state index contributed by atoms with van der Waals surface area (Å²) in [6.07, 6.45) is 2.93. The van der Waals surface area contributed by atoms with Crippen LogP contribution in [0.15, 0.2) is 22.7 Å². The van der Waals surface area contributed by atoms with Crippen LogP contribution in [0, 0.1) is 5.92 Å². The summed E-state index contributed by atoms with van der Waals surface area (Å²) in [5.41, 5.74) is 1.16. The van der Waals surface area contributed by atoms with Gasteiger partial charge >= 0.3 is 0 Å². The fraction of sp³-hybridized carbons (Fsp3) is 0.571. The summed E-state index contributed by atoms with van der Waals surface area (Å²) >= 11 is 3.48. The fourth-order valence-electron chi connectivity index (χ4n) is 2.53. The summed E-state index contributed by atoms with van der Waals surface area (Å²) in [6.45, 7) is 1.77. The average molecular weight is 314 g/mol. The van der Waals surface area contributed by atoms with Gasteiger partial charge in [-0.3, -0.25) is 0 Å². The first-order valence-electron chi connectivity index (χ1n) is 6.40. The van der Waals surface area contributed by atoms with Crippen LogP contribution in [0.3, 0.4) is 0 Å². The van der Waals surface area contributed by atoms with E-state index < -0.39 is 0 Å². The van der Waals surface area contributed by atoms with E-state index in [9.17, 15) is 5.11 Å². The SMILES string of the molecule is COc1ccc(Br)cc1CNCC1CCC(O)C1. The lowest BCUT2D eigenvalue weighted by molar-refractivity contribution is 0.177. The number of rotatable bonds is 5. The van der Waals surface area contributed by atoms with Crippen LogP contribution in [0.2, 0.25) is 0 Å². The number of nitrogens with one attached hydrogen (secondary N) is 1. The molecule has 1 aromatic carbocycles. The molecule has 0 aliphatic heterocycles. The highest BCUT2D eigenvalue weighted by atomic mass is 79.9. The summed E-state index contributed by atoms with van der Waals surface area (Å²) < 4.78 is 6.41. The number of halogens is 1. The molecule has 18 heavy (non-hydrogen) atoms. The van der Waals surface area contributed by atoms with Gasteiger partial charge in [0.15, 0.2) is 0 Å². The zero-order valence-electron chi connectivity index (χ0n) is 10.7. The highest BCUT2D eigenvalue weighted by Crippen LogP contribution is 2.25. The Bertz CT molecular complexity index is 397. The van der Waals surface area contributed by atoms with Crippen molar-refractivity contribution in [1.82, 2.24) is 5.32 Å². The van der Waals surface area contributed by atoms with Crippen molar-refractivity contribution in [2.75, 3.05) is 13.7 Å². The molecule has 4 heteroatoms. The normalized spacial score (nSPS) is 23.3. The standard InChI is InChI=1S/C14H20BrNO2/c1-18-14-5-3-12(15)7-11(14)9-16-8-10-2-4-13(17)6-10/h3,5,7,10,13,16-17H,2,4,6,8-9H2,1H3. The molecular weight excluding hydrogens is 294 g/mol. The number of ether oxygens (including phenoxy) is 1. The van der Waals surface area contributed by atoms with Gasteiger partial charge in [-0.05, 0) is 49.9 Å². The van der Waals surface area contributed by atoms with E-state index in [1.165, 1.54) is 0 Å². The van der Waals surface area contributed by atoms with E-state index >= 15 is 0 Å². The lowest BCUT2D eigenvalue weighted by Gasteiger charge is -2.13. The Labute approximate surface area is 117 Å². The number of hydrogen-bond donors (Lipinski definition) is 2. The third kappa shape index (κ3) is 3.70. The first-order chi connectivity index (χ1) is 8.69. The van der Waals surface area contributed by atoms with E-state index in [0.717, 1.165) is 48.1 Å². The third-order valence-electron chi connectivity index (χ3n) is 3.50. The second-order valence-electron chi connectivity index (χ2n) is 4.92. The molecule has 2 rings (SSSR count). The molecule has 0 saturated heterocycles. The van der Waals surface area contributed by atoms with E-state index in [0.29, 0.717) is 5.92 Å². The van der Waals surface area contributed by atoms with Gasteiger partial charge in [-0.25, -0.2) is 0 Å². The largest absolute Gasteiger partial charge is 0.496 e. The minimum Gasteiger partial charge on any atom is -0.496 e. The second kappa shape index (κ2) is 6.55. The summed E-state index contributed by atoms with van der Waals surface area (Å²) in [4.78, 5) is 0. The molecule has 3 nitrogen and oxygen atoms in total. The van der Waals surface area contributed by atoms with E-state index in [1.807, 2.05) is 12.1 Å². The van der Waals surface area contributed by atoms with Crippen molar-refractivity contribution in [2.24, 2.45) is 5.92 Å². The highest BCUT2D eigenvalue weighted by Gasteiger charge is 2.22. The number of methoxy groups -OCH3 is 1. The van der Waals surface area contributed by atoms with Crippen molar-refractivity contribution in [1.29, 1.82) is 0 Å². The molecule has 2 unspecified atom stereocenters. The lowest BCUT2D eigenvalue weighted by Crippen LogP contribution is -2.21. The van der Waals surface area contributed by atoms with E-state index in [1.54, 1.807) is 7.11 Å². The molecule has 1 aromatic rings. The molecular formula is C14H20BrNO2. The number of hydrogen-bond acceptors (Lipinski definition) is 3. The maximum Gasteiger partial charge on any atom is 0.123 e. The first kappa shape index (κ1) is 13.8. The van der Waals surface area contributed by atoms with Gasteiger partial charge in [-0.2, -0.15) is 0 Å². The van der Waals surface area contributed by atoms with Gasteiger partial charge < -0.3 is 15.2 Å². The molecule has 2 N–H and O–H groups in total. The third-order valence-corrected chi connectivity index (χ3v) is 4.00. The molecule has 0 bridgehead atoms. The minimum absolute atomic E-state index is 0.0859. The van der Waals surface area contributed by atoms with Crippen LogP contribution in [0.25, 0.3) is 0 Å². The fourth-order valence-corrected chi connectivity index (χ4v) is 2.94. The number of aliphatic hydroxyl groups excluding tert-OH is 1. The topological polar surface area (TPSA) is 41.5 Å². The number of aliphatic hydroxyl groups is 1. The van der Waals surface area contributed by atoms with Gasteiger partial charge in [0.05, 0.1) is 13.2 Å². The predicted molar refractivity (Wildman–Crippen MR) is 75.7 cm³/mol. The van der Waals surface area contributed by atoms with Crippen LogP contribution in [0.5, 0.6) is 5.75 Å². The quantitative estimate of drug-likeness (QED) is 0.878. The van der Waals surface area contributed by atoms with E-state index in [2.05, 4.69) is 27.3 Å². The Morgan fingerprint density at radius 3 is 2.94 bits per heavy atom. The Balaban J connectivity index is 1.84. The van der Waals surface area contributed by atoms with Crippen LogP contribution in [-0.4, -0.2) is 24.9 Å². The first-order valence-corrected chi connectivity index (χ1v) is 7.19. The van der Waals surface area contributed by atoms with Gasteiger partial charge in [0, 0.05) is 16.6 Å². The zero-order chi connectivity index (χ0) is 13.0. The molecule has 100 valence electrons. The molecule has 0 amide bonds. The molecule has 1 aliphatic carbocycles. The van der Waals surface area contributed by atoms with Gasteiger partial charge in [0.1, 0.15) is 5.75 Å². The molecule has 0 radical (unpaired) electrons. The van der Waals surface area contributed by atoms with Crippen LogP contribution in [-0.2, 0) is 6.54 Å². The predicted octanol–water partition coefficient (Wildman–Crippen LogP) is 2.71. The van der Waals surface area contributed by atoms with Crippen LogP contribution in [0.1, 0.15) is 24.8 Å². The Morgan fingerprint density at radius 1 is 1.44 bits per heavy atom. The summed E-state index contributed by atoms with van der Waals surface area (Å²) in [6, 6.07) is 6.03. The van der Waals surface area contributed by atoms with Gasteiger partial charge in [0.2, 0.25) is 0 Å². The highest BCUT2D eigenvalue weighted by molar-refractivity contribution is 9.10.